The number of halogens is 6. The number of nitrogens with zero attached hydrogens (tertiary/aromatic N) is 1. The maximum absolute atomic E-state index is 14.2. The van der Waals surface area contributed by atoms with Crippen molar-refractivity contribution in [2.75, 3.05) is 6.61 Å². The molecule has 2 aromatic carbocycles. The highest BCUT2D eigenvalue weighted by molar-refractivity contribution is 6.34. The van der Waals surface area contributed by atoms with E-state index in [1.54, 1.807) is 24.3 Å². The molecule has 1 N–H and O–H groups in total. The smallest absolute Gasteiger partial charge is 0.374 e. The molecule has 3 rings (SSSR count). The molecule has 0 bridgehead atoms. The van der Waals surface area contributed by atoms with Crippen LogP contribution in [0.2, 0.25) is 15.1 Å². The summed E-state index contributed by atoms with van der Waals surface area (Å²) in [4.78, 5) is 21.3. The van der Waals surface area contributed by atoms with Crippen molar-refractivity contribution in [2.45, 2.75) is 31.0 Å². The maximum Gasteiger partial charge on any atom is 0.435 e. The first-order valence-electron chi connectivity index (χ1n) is 8.94. The molecule has 0 radical (unpaired) electrons. The molecular weight excluding hydrogens is 480 g/mol. The fourth-order valence-corrected chi connectivity index (χ4v) is 4.04. The standard InChI is InChI=1S/C20H16Cl3F3N2O3/c1-11(29)27-30-10-16(15-4-2-3-5-17(15)23)18-9-19(31-28-18,20(24,25)26)12-6-13(21)8-14(22)7-12/h2-8,16H,9-10H2,1H3,(H,27,29). The summed E-state index contributed by atoms with van der Waals surface area (Å²) >= 11 is 18.1. The number of benzene rings is 2. The quantitative estimate of drug-likeness (QED) is 0.498. The molecule has 0 spiro atoms. The average molecular weight is 496 g/mol. The summed E-state index contributed by atoms with van der Waals surface area (Å²) in [5, 5.41) is 4.12. The zero-order chi connectivity index (χ0) is 22.8. The van der Waals surface area contributed by atoms with E-state index in [0.717, 1.165) is 12.1 Å². The number of amides is 1. The van der Waals surface area contributed by atoms with Gasteiger partial charge in [-0.15, -0.1) is 0 Å². The minimum atomic E-state index is -4.84. The van der Waals surface area contributed by atoms with E-state index < -0.39 is 30.0 Å². The second-order valence-electron chi connectivity index (χ2n) is 6.88. The van der Waals surface area contributed by atoms with E-state index >= 15 is 0 Å². The Labute approximate surface area is 191 Å². The van der Waals surface area contributed by atoms with Gasteiger partial charge in [-0.3, -0.25) is 9.63 Å². The summed E-state index contributed by atoms with van der Waals surface area (Å²) in [6.45, 7) is 1.02. The Morgan fingerprint density at radius 2 is 1.87 bits per heavy atom. The van der Waals surface area contributed by atoms with Crippen LogP contribution in [0.5, 0.6) is 0 Å². The van der Waals surface area contributed by atoms with Gasteiger partial charge in [0.2, 0.25) is 5.91 Å². The van der Waals surface area contributed by atoms with Crippen molar-refractivity contribution in [1.29, 1.82) is 0 Å². The number of hydroxylamine groups is 1. The van der Waals surface area contributed by atoms with E-state index in [1.807, 2.05) is 0 Å². The SMILES string of the molecule is CC(=O)NOCC(C1=NOC(c2cc(Cl)cc(Cl)c2)(C(F)(F)F)C1)c1ccccc1Cl. The Kier molecular flexibility index (Phi) is 7.05. The molecule has 1 heterocycles. The molecule has 0 aromatic heterocycles. The number of rotatable bonds is 6. The maximum atomic E-state index is 14.2. The minimum absolute atomic E-state index is 0.0276. The number of hydrogen-bond acceptors (Lipinski definition) is 4. The van der Waals surface area contributed by atoms with Crippen molar-refractivity contribution in [2.24, 2.45) is 5.16 Å². The summed E-state index contributed by atoms with van der Waals surface area (Å²) < 4.78 is 42.7. The molecule has 11 heteroatoms. The molecule has 0 saturated heterocycles. The van der Waals surface area contributed by atoms with Gasteiger partial charge < -0.3 is 4.84 Å². The van der Waals surface area contributed by atoms with Crippen LogP contribution in [0, 0.1) is 0 Å². The summed E-state index contributed by atoms with van der Waals surface area (Å²) in [7, 11) is 0. The molecule has 1 aliphatic heterocycles. The van der Waals surface area contributed by atoms with Crippen molar-refractivity contribution in [3.8, 4) is 0 Å². The van der Waals surface area contributed by atoms with E-state index in [1.165, 1.54) is 13.0 Å². The second kappa shape index (κ2) is 9.24. The Balaban J connectivity index is 2.00. The fraction of sp³-hybridized carbons (Fsp3) is 0.300. The zero-order valence-electron chi connectivity index (χ0n) is 16.0. The Morgan fingerprint density at radius 3 is 2.45 bits per heavy atom. The minimum Gasteiger partial charge on any atom is -0.374 e. The molecule has 31 heavy (non-hydrogen) atoms. The summed E-state index contributed by atoms with van der Waals surface area (Å²) in [6.07, 6.45) is -5.48. The first kappa shape index (κ1) is 23.7. The van der Waals surface area contributed by atoms with Crippen LogP contribution in [0.25, 0.3) is 0 Å². The van der Waals surface area contributed by atoms with Gasteiger partial charge in [-0.2, -0.15) is 13.2 Å². The molecule has 1 aliphatic rings. The normalized spacial score (nSPS) is 19.5. The van der Waals surface area contributed by atoms with Crippen molar-refractivity contribution in [1.82, 2.24) is 5.48 Å². The van der Waals surface area contributed by atoms with Gasteiger partial charge in [0.1, 0.15) is 0 Å². The predicted octanol–water partition coefficient (Wildman–Crippen LogP) is 6.03. The highest BCUT2D eigenvalue weighted by Crippen LogP contribution is 2.50. The van der Waals surface area contributed by atoms with Crippen LogP contribution < -0.4 is 5.48 Å². The van der Waals surface area contributed by atoms with Crippen LogP contribution in [0.15, 0.2) is 47.6 Å². The fourth-order valence-electron chi connectivity index (χ4n) is 3.25. The third-order valence-electron chi connectivity index (χ3n) is 4.68. The molecule has 5 nitrogen and oxygen atoms in total. The Hall–Kier alpha value is -2.00. The number of alkyl halides is 3. The predicted molar refractivity (Wildman–Crippen MR) is 111 cm³/mol. The summed E-state index contributed by atoms with van der Waals surface area (Å²) in [5.74, 6) is -1.29. The number of oxime groups is 1. The summed E-state index contributed by atoms with van der Waals surface area (Å²) in [6, 6.07) is 10.2. The van der Waals surface area contributed by atoms with Crippen LogP contribution in [0.3, 0.4) is 0 Å². The van der Waals surface area contributed by atoms with Crippen LogP contribution >= 0.6 is 34.8 Å². The van der Waals surface area contributed by atoms with Crippen molar-refractivity contribution >= 4 is 46.4 Å². The van der Waals surface area contributed by atoms with Gasteiger partial charge in [0.25, 0.3) is 5.60 Å². The van der Waals surface area contributed by atoms with E-state index in [-0.39, 0.29) is 27.9 Å². The topological polar surface area (TPSA) is 59.9 Å². The van der Waals surface area contributed by atoms with E-state index in [4.69, 9.17) is 44.5 Å². The van der Waals surface area contributed by atoms with E-state index in [9.17, 15) is 18.0 Å². The Bertz CT molecular complexity index is 996. The molecule has 0 saturated carbocycles. The first-order valence-corrected chi connectivity index (χ1v) is 10.1. The first-order chi connectivity index (χ1) is 14.5. The van der Waals surface area contributed by atoms with Crippen molar-refractivity contribution < 1.29 is 27.6 Å². The second-order valence-corrected chi connectivity index (χ2v) is 8.16. The van der Waals surface area contributed by atoms with Crippen LogP contribution in [-0.2, 0) is 20.1 Å². The number of carbonyl (C=O) groups excluding carboxylic acids is 1. The average Bonchev–Trinajstić information content (AvgIpc) is 3.12. The zero-order valence-corrected chi connectivity index (χ0v) is 18.2. The number of carbonyl (C=O) groups is 1. The lowest BCUT2D eigenvalue weighted by atomic mass is 9.83. The third kappa shape index (κ3) is 5.09. The molecule has 1 amide bonds. The van der Waals surface area contributed by atoms with E-state index in [2.05, 4.69) is 10.6 Å². The van der Waals surface area contributed by atoms with Crippen molar-refractivity contribution in [3.05, 3.63) is 68.7 Å². The van der Waals surface area contributed by atoms with Gasteiger partial charge in [0, 0.05) is 34.0 Å². The monoisotopic (exact) mass is 494 g/mol. The number of nitrogens with one attached hydrogen (secondary N) is 1. The molecular formula is C20H16Cl3F3N2O3. The largest absolute Gasteiger partial charge is 0.435 e. The van der Waals surface area contributed by atoms with Gasteiger partial charge in [0.15, 0.2) is 0 Å². The molecule has 0 fully saturated rings. The molecule has 166 valence electrons. The van der Waals surface area contributed by atoms with Gasteiger partial charge in [-0.25, -0.2) is 5.48 Å². The van der Waals surface area contributed by atoms with E-state index in [0.29, 0.717) is 10.6 Å². The van der Waals surface area contributed by atoms with Gasteiger partial charge in [0.05, 0.1) is 18.2 Å². The van der Waals surface area contributed by atoms with Crippen LogP contribution in [0.1, 0.15) is 30.4 Å². The lowest BCUT2D eigenvalue weighted by Gasteiger charge is -2.30. The van der Waals surface area contributed by atoms with Gasteiger partial charge in [-0.05, 0) is 29.8 Å². The van der Waals surface area contributed by atoms with Gasteiger partial charge in [-0.1, -0.05) is 58.2 Å². The number of hydrogen-bond donors (Lipinski definition) is 1. The third-order valence-corrected chi connectivity index (χ3v) is 5.46. The summed E-state index contributed by atoms with van der Waals surface area (Å²) in [5.41, 5.74) is -0.411. The highest BCUT2D eigenvalue weighted by Gasteiger charge is 2.63. The Morgan fingerprint density at radius 1 is 1.23 bits per heavy atom. The van der Waals surface area contributed by atoms with Gasteiger partial charge >= 0.3 is 6.18 Å². The van der Waals surface area contributed by atoms with Crippen LogP contribution in [0.4, 0.5) is 13.2 Å². The molecule has 2 atom stereocenters. The van der Waals surface area contributed by atoms with Crippen molar-refractivity contribution in [3.63, 3.8) is 0 Å². The molecule has 2 unspecified atom stereocenters. The molecule has 2 aromatic rings. The van der Waals surface area contributed by atoms with Crippen LogP contribution in [-0.4, -0.2) is 24.4 Å². The highest BCUT2D eigenvalue weighted by atomic mass is 35.5. The molecule has 0 aliphatic carbocycles. The lowest BCUT2D eigenvalue weighted by molar-refractivity contribution is -0.275. The lowest BCUT2D eigenvalue weighted by Crippen LogP contribution is -2.43.